The number of ether oxygens (including phenoxy) is 2. The van der Waals surface area contributed by atoms with Crippen molar-refractivity contribution in [2.24, 2.45) is 0 Å². The predicted octanol–water partition coefficient (Wildman–Crippen LogP) is 1.66. The molecular weight excluding hydrogens is 259 g/mol. The molecule has 0 spiro atoms. The van der Waals surface area contributed by atoms with Crippen molar-refractivity contribution >= 4 is 11.9 Å². The molecule has 0 amide bonds. The van der Waals surface area contributed by atoms with Gasteiger partial charge in [0, 0.05) is 0 Å². The second-order valence-electron chi connectivity index (χ2n) is 2.95. The first kappa shape index (κ1) is 14.0. The Morgan fingerprint density at radius 1 is 1.33 bits per heavy atom. The first-order valence-corrected chi connectivity index (χ1v) is 4.65. The van der Waals surface area contributed by atoms with Crippen LogP contribution in [0.4, 0.5) is 13.2 Å². The molecule has 0 radical (unpaired) electrons. The third kappa shape index (κ3) is 2.60. The smallest absolute Gasteiger partial charge is 0.453 e. The number of hydrogen-bond acceptors (Lipinski definition) is 6. The molecule has 0 aliphatic heterocycles. The molecule has 0 aliphatic carbocycles. The zero-order valence-corrected chi connectivity index (χ0v) is 9.33. The topological polar surface area (TPSA) is 78.6 Å². The van der Waals surface area contributed by atoms with Gasteiger partial charge in [0.2, 0.25) is 5.69 Å². The van der Waals surface area contributed by atoms with E-state index in [2.05, 4.69) is 19.2 Å². The van der Waals surface area contributed by atoms with Crippen molar-refractivity contribution in [3.8, 4) is 0 Å². The molecule has 0 unspecified atom stereocenters. The van der Waals surface area contributed by atoms with Crippen LogP contribution in [-0.2, 0) is 15.7 Å². The number of hydrogen-bond donors (Lipinski definition) is 0. The first-order valence-electron chi connectivity index (χ1n) is 4.65. The number of nitrogens with zero attached hydrogens (tertiary/aromatic N) is 1. The maximum atomic E-state index is 12.5. The zero-order chi connectivity index (χ0) is 13.9. The molecule has 1 aromatic heterocycles. The number of alkyl halides is 3. The number of carbonyl (C=O) groups is 2. The Kier molecular flexibility index (Phi) is 3.94. The fraction of sp³-hybridized carbons (Fsp3) is 0.444. The minimum absolute atomic E-state index is 0.165. The highest BCUT2D eigenvalue weighted by Gasteiger charge is 2.44. The highest BCUT2D eigenvalue weighted by Crippen LogP contribution is 2.34. The van der Waals surface area contributed by atoms with Crippen LogP contribution in [0.25, 0.3) is 0 Å². The van der Waals surface area contributed by atoms with E-state index < -0.39 is 35.1 Å². The van der Waals surface area contributed by atoms with Crippen molar-refractivity contribution in [2.45, 2.75) is 13.1 Å². The van der Waals surface area contributed by atoms with Crippen LogP contribution in [0.3, 0.4) is 0 Å². The maximum absolute atomic E-state index is 12.5. The number of rotatable bonds is 3. The van der Waals surface area contributed by atoms with Crippen LogP contribution in [0.2, 0.25) is 0 Å². The monoisotopic (exact) mass is 267 g/mol. The average Bonchev–Trinajstić information content (AvgIpc) is 2.72. The van der Waals surface area contributed by atoms with Crippen molar-refractivity contribution in [1.29, 1.82) is 0 Å². The molecule has 0 saturated carbocycles. The van der Waals surface area contributed by atoms with Crippen molar-refractivity contribution in [3.05, 3.63) is 17.0 Å². The number of esters is 2. The molecule has 18 heavy (non-hydrogen) atoms. The summed E-state index contributed by atoms with van der Waals surface area (Å²) in [6.45, 7) is 1.23. The van der Waals surface area contributed by atoms with Gasteiger partial charge in [-0.25, -0.2) is 9.59 Å². The van der Waals surface area contributed by atoms with Crippen molar-refractivity contribution in [2.75, 3.05) is 13.7 Å². The second kappa shape index (κ2) is 5.07. The van der Waals surface area contributed by atoms with Gasteiger partial charge in [-0.2, -0.15) is 13.2 Å². The van der Waals surface area contributed by atoms with E-state index in [1.165, 1.54) is 6.92 Å². The number of aromatic nitrogens is 1. The lowest BCUT2D eigenvalue weighted by molar-refractivity contribution is -0.156. The van der Waals surface area contributed by atoms with Crippen LogP contribution < -0.4 is 0 Å². The molecule has 0 aliphatic rings. The summed E-state index contributed by atoms with van der Waals surface area (Å²) in [7, 11) is 0.930. The largest absolute Gasteiger partial charge is 0.464 e. The van der Waals surface area contributed by atoms with E-state index in [0.717, 1.165) is 7.11 Å². The van der Waals surface area contributed by atoms with E-state index in [1.54, 1.807) is 0 Å². The van der Waals surface area contributed by atoms with Crippen LogP contribution in [0.15, 0.2) is 4.52 Å². The molecule has 0 atom stereocenters. The summed E-state index contributed by atoms with van der Waals surface area (Å²) < 4.78 is 50.2. The lowest BCUT2D eigenvalue weighted by atomic mass is 10.2. The summed E-state index contributed by atoms with van der Waals surface area (Å²) in [4.78, 5) is 22.5. The molecule has 6 nitrogen and oxygen atoms in total. The van der Waals surface area contributed by atoms with E-state index in [-0.39, 0.29) is 6.61 Å². The van der Waals surface area contributed by atoms with Crippen molar-refractivity contribution in [1.82, 2.24) is 5.16 Å². The van der Waals surface area contributed by atoms with Gasteiger partial charge in [0.25, 0.3) is 5.76 Å². The van der Waals surface area contributed by atoms with Gasteiger partial charge < -0.3 is 14.0 Å². The van der Waals surface area contributed by atoms with Gasteiger partial charge in [0.1, 0.15) is 5.56 Å². The molecule has 9 heteroatoms. The Morgan fingerprint density at radius 3 is 2.39 bits per heavy atom. The molecule has 100 valence electrons. The third-order valence-corrected chi connectivity index (χ3v) is 1.81. The number of carbonyl (C=O) groups excluding carboxylic acids is 2. The van der Waals surface area contributed by atoms with Crippen LogP contribution in [0.5, 0.6) is 0 Å². The van der Waals surface area contributed by atoms with Crippen molar-refractivity contribution in [3.63, 3.8) is 0 Å². The molecule has 0 N–H and O–H groups in total. The predicted molar refractivity (Wildman–Crippen MR) is 48.8 cm³/mol. The highest BCUT2D eigenvalue weighted by atomic mass is 19.4. The Balaban J connectivity index is 3.35. The molecule has 0 bridgehead atoms. The Labute approximate surface area is 98.6 Å². The minimum atomic E-state index is -4.97. The first-order chi connectivity index (χ1) is 8.32. The van der Waals surface area contributed by atoms with Crippen LogP contribution >= 0.6 is 0 Å². The van der Waals surface area contributed by atoms with E-state index in [4.69, 9.17) is 0 Å². The van der Waals surface area contributed by atoms with E-state index in [0.29, 0.717) is 0 Å². The summed E-state index contributed by atoms with van der Waals surface area (Å²) in [5.74, 6) is -4.27. The summed E-state index contributed by atoms with van der Waals surface area (Å²) in [6, 6.07) is 0. The normalized spacial score (nSPS) is 11.2. The lowest BCUT2D eigenvalue weighted by Gasteiger charge is -2.05. The van der Waals surface area contributed by atoms with Crippen LogP contribution in [-0.4, -0.2) is 30.8 Å². The van der Waals surface area contributed by atoms with E-state index in [1.807, 2.05) is 0 Å². The molecule has 1 rings (SSSR count). The quantitative estimate of drug-likeness (QED) is 0.775. The molecule has 0 saturated heterocycles. The fourth-order valence-corrected chi connectivity index (χ4v) is 1.11. The summed E-state index contributed by atoms with van der Waals surface area (Å²) in [5, 5.41) is 2.89. The minimum Gasteiger partial charge on any atom is -0.464 e. The Bertz CT molecular complexity index is 465. The zero-order valence-electron chi connectivity index (χ0n) is 9.33. The van der Waals surface area contributed by atoms with Gasteiger partial charge in [-0.1, -0.05) is 5.16 Å². The van der Waals surface area contributed by atoms with Crippen LogP contribution in [0.1, 0.15) is 33.5 Å². The highest BCUT2D eigenvalue weighted by molar-refractivity contribution is 6.02. The van der Waals surface area contributed by atoms with Gasteiger partial charge in [-0.3, -0.25) is 0 Å². The standard InChI is InChI=1S/C9H8F3NO5/c1-3-17-7(14)4-5(8(15)16-2)13-18-6(4)9(10,11)12/h3H2,1-2H3. The number of methoxy groups -OCH3 is 1. The average molecular weight is 267 g/mol. The second-order valence-corrected chi connectivity index (χ2v) is 2.95. The lowest BCUT2D eigenvalue weighted by Crippen LogP contribution is -2.17. The van der Waals surface area contributed by atoms with E-state index in [9.17, 15) is 22.8 Å². The fourth-order valence-electron chi connectivity index (χ4n) is 1.11. The Morgan fingerprint density at radius 2 is 1.94 bits per heavy atom. The summed E-state index contributed by atoms with van der Waals surface area (Å²) in [5.41, 5.74) is -1.96. The Hall–Kier alpha value is -2.06. The van der Waals surface area contributed by atoms with Gasteiger partial charge >= 0.3 is 18.1 Å². The maximum Gasteiger partial charge on any atom is 0.453 e. The summed E-state index contributed by atoms with van der Waals surface area (Å²) >= 11 is 0. The van der Waals surface area contributed by atoms with Crippen molar-refractivity contribution < 1.29 is 36.8 Å². The van der Waals surface area contributed by atoms with Gasteiger partial charge in [-0.15, -0.1) is 0 Å². The molecule has 1 aromatic rings. The number of halogens is 3. The van der Waals surface area contributed by atoms with Crippen LogP contribution in [0, 0.1) is 0 Å². The van der Waals surface area contributed by atoms with Gasteiger partial charge in [-0.05, 0) is 6.92 Å². The van der Waals surface area contributed by atoms with Gasteiger partial charge in [0.15, 0.2) is 0 Å². The summed E-state index contributed by atoms with van der Waals surface area (Å²) in [6.07, 6.45) is -4.97. The molecule has 0 fully saturated rings. The van der Waals surface area contributed by atoms with Gasteiger partial charge in [0.05, 0.1) is 13.7 Å². The molecule has 0 aromatic carbocycles. The SMILES string of the molecule is CCOC(=O)c1c(C(=O)OC)noc1C(F)(F)F. The van der Waals surface area contributed by atoms with E-state index >= 15 is 0 Å². The molecular formula is C9H8F3NO5. The third-order valence-electron chi connectivity index (χ3n) is 1.81. The molecule has 1 heterocycles.